The van der Waals surface area contributed by atoms with Crippen LogP contribution >= 0.6 is 23.5 Å². The number of carbonyl (C=O) groups excluding carboxylic acids is 1. The van der Waals surface area contributed by atoms with Crippen LogP contribution in [0.15, 0.2) is 35.3 Å². The first-order chi connectivity index (χ1) is 14.2. The lowest BCUT2D eigenvalue weighted by molar-refractivity contribution is -0.130. The van der Waals surface area contributed by atoms with E-state index < -0.39 is 16.1 Å². The van der Waals surface area contributed by atoms with Crippen molar-refractivity contribution >= 4 is 43.8 Å². The van der Waals surface area contributed by atoms with Crippen molar-refractivity contribution in [1.82, 2.24) is 4.31 Å². The van der Waals surface area contributed by atoms with Gasteiger partial charge in [0, 0.05) is 11.8 Å². The maximum Gasteiger partial charge on any atom is 0.261 e. The van der Waals surface area contributed by atoms with Crippen molar-refractivity contribution in [1.29, 1.82) is 0 Å². The minimum absolute atomic E-state index is 0.0539. The second-order valence-electron chi connectivity index (χ2n) is 9.26. The maximum absolute atomic E-state index is 13.8. The molecule has 1 spiro atoms. The summed E-state index contributed by atoms with van der Waals surface area (Å²) in [4.78, 5) is 18.5. The molecule has 30 heavy (non-hydrogen) atoms. The van der Waals surface area contributed by atoms with E-state index in [-0.39, 0.29) is 28.5 Å². The zero-order chi connectivity index (χ0) is 21.7. The van der Waals surface area contributed by atoms with Crippen molar-refractivity contribution in [2.24, 2.45) is 21.7 Å². The van der Waals surface area contributed by atoms with Gasteiger partial charge in [-0.05, 0) is 48.7 Å². The van der Waals surface area contributed by atoms with Gasteiger partial charge in [-0.1, -0.05) is 44.2 Å². The van der Waals surface area contributed by atoms with Crippen LogP contribution in [0.1, 0.15) is 38.7 Å². The minimum atomic E-state index is -3.65. The number of sulfonamides is 1. The summed E-state index contributed by atoms with van der Waals surface area (Å²) in [6.45, 7) is 4.40. The van der Waals surface area contributed by atoms with E-state index in [4.69, 9.17) is 4.99 Å². The monoisotopic (exact) mass is 466 g/mol. The standard InChI is InChI=1S/C22H30N2O3S3/c1-21(2)16-10-11-22(21)14-30(26,27)24(18(22)13-16)19(25)17(23-20(28-3)29-4)12-15-8-6-5-7-9-15/h5-9,16-18H,10-14H2,1-4H3/t16?,17-,18?,22?/m0/s1. The largest absolute Gasteiger partial charge is 0.271 e. The van der Waals surface area contributed by atoms with Gasteiger partial charge in [0.2, 0.25) is 10.0 Å². The molecule has 164 valence electrons. The van der Waals surface area contributed by atoms with Gasteiger partial charge in [0.25, 0.3) is 5.91 Å². The van der Waals surface area contributed by atoms with Gasteiger partial charge >= 0.3 is 0 Å². The van der Waals surface area contributed by atoms with Gasteiger partial charge in [0.15, 0.2) is 0 Å². The molecule has 1 aromatic rings. The molecule has 3 unspecified atom stereocenters. The Bertz CT molecular complexity index is 955. The van der Waals surface area contributed by atoms with E-state index in [1.807, 2.05) is 42.8 Å². The van der Waals surface area contributed by atoms with Crippen molar-refractivity contribution in [3.63, 3.8) is 0 Å². The number of thioether (sulfide) groups is 2. The molecule has 2 aliphatic carbocycles. The molecule has 1 amide bonds. The van der Waals surface area contributed by atoms with Crippen molar-refractivity contribution in [3.8, 4) is 0 Å². The summed E-state index contributed by atoms with van der Waals surface area (Å²) in [5.74, 6) is 0.224. The normalized spacial score (nSPS) is 31.4. The third-order valence-electron chi connectivity index (χ3n) is 7.80. The van der Waals surface area contributed by atoms with Crippen LogP contribution in [0.25, 0.3) is 0 Å². The maximum atomic E-state index is 13.8. The molecule has 5 nitrogen and oxygen atoms in total. The van der Waals surface area contributed by atoms with Crippen molar-refractivity contribution in [2.45, 2.75) is 51.6 Å². The number of rotatable bonds is 4. The number of carbonyl (C=O) groups is 1. The smallest absolute Gasteiger partial charge is 0.261 e. The molecular weight excluding hydrogens is 436 g/mol. The van der Waals surface area contributed by atoms with E-state index >= 15 is 0 Å². The lowest BCUT2D eigenvalue weighted by atomic mass is 9.69. The number of nitrogens with zero attached hydrogens (tertiary/aromatic N) is 2. The predicted octanol–water partition coefficient (Wildman–Crippen LogP) is 4.05. The van der Waals surface area contributed by atoms with Crippen LogP contribution in [-0.2, 0) is 21.2 Å². The highest BCUT2D eigenvalue weighted by Gasteiger charge is 2.72. The van der Waals surface area contributed by atoms with E-state index in [0.717, 1.165) is 29.2 Å². The van der Waals surface area contributed by atoms with Crippen LogP contribution in [0.4, 0.5) is 0 Å². The highest BCUT2D eigenvalue weighted by Crippen LogP contribution is 2.70. The zero-order valence-electron chi connectivity index (χ0n) is 18.0. The average molecular weight is 467 g/mol. The van der Waals surface area contributed by atoms with Crippen LogP contribution in [0.5, 0.6) is 0 Å². The number of hydrogen-bond donors (Lipinski definition) is 0. The molecule has 3 aliphatic rings. The van der Waals surface area contributed by atoms with Gasteiger partial charge < -0.3 is 0 Å². The van der Waals surface area contributed by atoms with Gasteiger partial charge in [-0.25, -0.2) is 12.7 Å². The molecule has 2 bridgehead atoms. The Kier molecular flexibility index (Phi) is 5.81. The quantitative estimate of drug-likeness (QED) is 0.495. The Labute approximate surface area is 188 Å². The number of aliphatic imine (C=N–C) groups is 1. The number of fused-ring (bicyclic) bond motifs is 1. The molecule has 0 radical (unpaired) electrons. The molecule has 1 aliphatic heterocycles. The first-order valence-electron chi connectivity index (χ1n) is 10.4. The van der Waals surface area contributed by atoms with Gasteiger partial charge in [-0.15, -0.1) is 23.5 Å². The lowest BCUT2D eigenvalue weighted by Gasteiger charge is -2.37. The second kappa shape index (κ2) is 7.85. The van der Waals surface area contributed by atoms with Crippen LogP contribution in [-0.4, -0.2) is 53.4 Å². The number of benzene rings is 1. The Morgan fingerprint density at radius 1 is 1.23 bits per heavy atom. The summed E-state index contributed by atoms with van der Waals surface area (Å²) in [6.07, 6.45) is 7.01. The van der Waals surface area contributed by atoms with E-state index in [1.54, 1.807) is 0 Å². The number of amides is 1. The molecule has 1 aromatic carbocycles. The minimum Gasteiger partial charge on any atom is -0.271 e. The summed E-state index contributed by atoms with van der Waals surface area (Å²) in [6, 6.07) is 8.79. The highest BCUT2D eigenvalue weighted by molar-refractivity contribution is 8.38. The highest BCUT2D eigenvalue weighted by atomic mass is 32.2. The van der Waals surface area contributed by atoms with Crippen LogP contribution < -0.4 is 0 Å². The third-order valence-corrected chi connectivity index (χ3v) is 11.6. The lowest BCUT2D eigenvalue weighted by Crippen LogP contribution is -2.48. The molecular formula is C22H30N2O3S3. The fourth-order valence-corrected chi connectivity index (χ4v) is 9.77. The Hall–Kier alpha value is -0.990. The molecule has 1 saturated heterocycles. The zero-order valence-corrected chi connectivity index (χ0v) is 20.4. The van der Waals surface area contributed by atoms with E-state index in [9.17, 15) is 13.2 Å². The van der Waals surface area contributed by atoms with Crippen LogP contribution in [0.2, 0.25) is 0 Å². The summed E-state index contributed by atoms with van der Waals surface area (Å²) < 4.78 is 28.7. The predicted molar refractivity (Wildman–Crippen MR) is 126 cm³/mol. The SMILES string of the molecule is CSC(=N[C@@H](Cc1ccccc1)C(=O)N1C2CC3CCC2(CS1(=O)=O)C3(C)C)SC. The van der Waals surface area contributed by atoms with E-state index in [1.165, 1.54) is 27.8 Å². The molecule has 0 N–H and O–H groups in total. The Morgan fingerprint density at radius 3 is 2.50 bits per heavy atom. The Morgan fingerprint density at radius 2 is 1.90 bits per heavy atom. The fraction of sp³-hybridized carbons (Fsp3) is 0.636. The van der Waals surface area contributed by atoms with E-state index in [2.05, 4.69) is 13.8 Å². The molecule has 4 rings (SSSR count). The average Bonchev–Trinajstić information content (AvgIpc) is 3.19. The van der Waals surface area contributed by atoms with Crippen molar-refractivity contribution in [3.05, 3.63) is 35.9 Å². The van der Waals surface area contributed by atoms with E-state index in [0.29, 0.717) is 12.3 Å². The second-order valence-corrected chi connectivity index (χ2v) is 13.0. The van der Waals surface area contributed by atoms with Gasteiger partial charge in [-0.3, -0.25) is 9.79 Å². The molecule has 1 heterocycles. The molecule has 8 heteroatoms. The molecule has 2 saturated carbocycles. The van der Waals surface area contributed by atoms with Gasteiger partial charge in [0.1, 0.15) is 10.4 Å². The first kappa shape index (κ1) is 22.2. The Balaban J connectivity index is 1.71. The van der Waals surface area contributed by atoms with Crippen molar-refractivity contribution in [2.75, 3.05) is 18.3 Å². The summed E-state index contributed by atoms with van der Waals surface area (Å²) in [7, 11) is -3.65. The molecule has 3 fully saturated rings. The molecule has 0 aromatic heterocycles. The van der Waals surface area contributed by atoms with Gasteiger partial charge in [0.05, 0.1) is 11.8 Å². The number of hydrogen-bond acceptors (Lipinski definition) is 6. The summed E-state index contributed by atoms with van der Waals surface area (Å²) in [5, 5.41) is 0. The van der Waals surface area contributed by atoms with Crippen molar-refractivity contribution < 1.29 is 13.2 Å². The summed E-state index contributed by atoms with van der Waals surface area (Å²) >= 11 is 2.98. The van der Waals surface area contributed by atoms with Crippen LogP contribution in [0.3, 0.4) is 0 Å². The van der Waals surface area contributed by atoms with Crippen LogP contribution in [0, 0.1) is 16.7 Å². The first-order valence-corrected chi connectivity index (χ1v) is 14.5. The molecule has 4 atom stereocenters. The topological polar surface area (TPSA) is 66.8 Å². The summed E-state index contributed by atoms with van der Waals surface area (Å²) in [5.41, 5.74) is 0.622. The van der Waals surface area contributed by atoms with Gasteiger partial charge in [-0.2, -0.15) is 0 Å². The fourth-order valence-electron chi connectivity index (χ4n) is 6.07. The third kappa shape index (κ3) is 3.34.